The highest BCUT2D eigenvalue weighted by atomic mass is 16.5. The molecule has 1 fully saturated rings. The fourth-order valence-electron chi connectivity index (χ4n) is 2.89. The second-order valence-electron chi connectivity index (χ2n) is 5.72. The van der Waals surface area contributed by atoms with Crippen molar-refractivity contribution in [3.8, 4) is 0 Å². The van der Waals surface area contributed by atoms with Gasteiger partial charge in [0, 0.05) is 26.7 Å². The number of carbonyl (C=O) groups excluding carboxylic acids is 1. The largest absolute Gasteiger partial charge is 0.469 e. The van der Waals surface area contributed by atoms with Gasteiger partial charge < -0.3 is 15.0 Å². The number of likely N-dealkylation sites (tertiary alicyclic amines) is 1. The van der Waals surface area contributed by atoms with Gasteiger partial charge in [0.25, 0.3) is 0 Å². The number of aliphatic imine (C=N–C) groups is 1. The Morgan fingerprint density at radius 3 is 2.73 bits per heavy atom. The van der Waals surface area contributed by atoms with E-state index in [1.807, 2.05) is 18.2 Å². The standard InChI is InChI=1S/C17H25N3O2/c1-13-11-20(12-15(13)16(21)22-3)17(18-2)19-10-9-14-7-5-4-6-8-14/h4-8,13,15H,9-12H2,1-3H3,(H,18,19). The first-order valence-corrected chi connectivity index (χ1v) is 7.73. The average Bonchev–Trinajstić information content (AvgIpc) is 2.93. The predicted octanol–water partition coefficient (Wildman–Crippen LogP) is 1.55. The second kappa shape index (κ2) is 7.82. The van der Waals surface area contributed by atoms with Gasteiger partial charge in [0.2, 0.25) is 0 Å². The van der Waals surface area contributed by atoms with Crippen LogP contribution >= 0.6 is 0 Å². The van der Waals surface area contributed by atoms with E-state index < -0.39 is 0 Å². The molecule has 1 aliphatic heterocycles. The molecule has 0 saturated carbocycles. The minimum Gasteiger partial charge on any atom is -0.469 e. The molecule has 5 heteroatoms. The maximum Gasteiger partial charge on any atom is 0.310 e. The molecular formula is C17H25N3O2. The summed E-state index contributed by atoms with van der Waals surface area (Å²) in [6, 6.07) is 10.4. The third kappa shape index (κ3) is 4.00. The van der Waals surface area contributed by atoms with Crippen molar-refractivity contribution in [2.24, 2.45) is 16.8 Å². The zero-order chi connectivity index (χ0) is 15.9. The molecule has 0 bridgehead atoms. The van der Waals surface area contributed by atoms with Gasteiger partial charge in [0.1, 0.15) is 0 Å². The van der Waals surface area contributed by atoms with Crippen LogP contribution in [0.1, 0.15) is 12.5 Å². The monoisotopic (exact) mass is 303 g/mol. The number of ether oxygens (including phenoxy) is 1. The van der Waals surface area contributed by atoms with E-state index in [9.17, 15) is 4.79 Å². The van der Waals surface area contributed by atoms with Gasteiger partial charge in [-0.2, -0.15) is 0 Å². The molecule has 1 aliphatic rings. The van der Waals surface area contributed by atoms with Crippen molar-refractivity contribution >= 4 is 11.9 Å². The van der Waals surface area contributed by atoms with E-state index in [1.165, 1.54) is 12.7 Å². The second-order valence-corrected chi connectivity index (χ2v) is 5.72. The van der Waals surface area contributed by atoms with E-state index in [2.05, 4.69) is 34.3 Å². The maximum atomic E-state index is 11.8. The molecule has 1 N–H and O–H groups in total. The van der Waals surface area contributed by atoms with E-state index >= 15 is 0 Å². The fourth-order valence-corrected chi connectivity index (χ4v) is 2.89. The smallest absolute Gasteiger partial charge is 0.310 e. The van der Waals surface area contributed by atoms with Gasteiger partial charge in [-0.3, -0.25) is 9.79 Å². The highest BCUT2D eigenvalue weighted by molar-refractivity contribution is 5.82. The lowest BCUT2D eigenvalue weighted by Crippen LogP contribution is -2.41. The molecule has 2 unspecified atom stereocenters. The molecule has 1 saturated heterocycles. The molecule has 1 heterocycles. The molecule has 5 nitrogen and oxygen atoms in total. The van der Waals surface area contributed by atoms with Crippen LogP contribution in [0.15, 0.2) is 35.3 Å². The summed E-state index contributed by atoms with van der Waals surface area (Å²) in [6.07, 6.45) is 0.948. The minimum absolute atomic E-state index is 0.0716. The van der Waals surface area contributed by atoms with Crippen LogP contribution in [0.2, 0.25) is 0 Å². The lowest BCUT2D eigenvalue weighted by molar-refractivity contribution is -0.145. The number of methoxy groups -OCH3 is 1. The van der Waals surface area contributed by atoms with Crippen molar-refractivity contribution in [1.82, 2.24) is 10.2 Å². The normalized spacial score (nSPS) is 21.8. The molecule has 0 spiro atoms. The predicted molar refractivity (Wildman–Crippen MR) is 87.8 cm³/mol. The quantitative estimate of drug-likeness (QED) is 0.521. The molecule has 0 amide bonds. The zero-order valence-electron chi connectivity index (χ0n) is 13.6. The molecule has 2 rings (SSSR count). The van der Waals surface area contributed by atoms with Gasteiger partial charge in [0.15, 0.2) is 5.96 Å². The van der Waals surface area contributed by atoms with Crippen LogP contribution in [0.4, 0.5) is 0 Å². The topological polar surface area (TPSA) is 53.9 Å². The summed E-state index contributed by atoms with van der Waals surface area (Å²) in [5.41, 5.74) is 1.30. The van der Waals surface area contributed by atoms with Crippen molar-refractivity contribution in [3.63, 3.8) is 0 Å². The summed E-state index contributed by atoms with van der Waals surface area (Å²) in [4.78, 5) is 18.2. The third-order valence-electron chi connectivity index (χ3n) is 4.17. The first-order chi connectivity index (χ1) is 10.7. The van der Waals surface area contributed by atoms with Gasteiger partial charge >= 0.3 is 5.97 Å². The molecule has 2 atom stereocenters. The Morgan fingerprint density at radius 1 is 1.36 bits per heavy atom. The Hall–Kier alpha value is -2.04. The fraction of sp³-hybridized carbons (Fsp3) is 0.529. The van der Waals surface area contributed by atoms with E-state index in [-0.39, 0.29) is 17.8 Å². The van der Waals surface area contributed by atoms with Gasteiger partial charge in [0.05, 0.1) is 13.0 Å². The van der Waals surface area contributed by atoms with Gasteiger partial charge in [-0.15, -0.1) is 0 Å². The first kappa shape index (κ1) is 16.3. The lowest BCUT2D eigenvalue weighted by atomic mass is 9.99. The van der Waals surface area contributed by atoms with Crippen molar-refractivity contribution < 1.29 is 9.53 Å². The Bertz CT molecular complexity index is 516. The summed E-state index contributed by atoms with van der Waals surface area (Å²) >= 11 is 0. The zero-order valence-corrected chi connectivity index (χ0v) is 13.6. The maximum absolute atomic E-state index is 11.8. The number of nitrogens with zero attached hydrogens (tertiary/aromatic N) is 2. The molecular weight excluding hydrogens is 278 g/mol. The van der Waals surface area contributed by atoms with Crippen LogP contribution in [0.3, 0.4) is 0 Å². The van der Waals surface area contributed by atoms with Crippen LogP contribution in [0.5, 0.6) is 0 Å². The van der Waals surface area contributed by atoms with Crippen LogP contribution in [-0.2, 0) is 16.0 Å². The first-order valence-electron chi connectivity index (χ1n) is 7.73. The number of nitrogens with one attached hydrogen (secondary N) is 1. The lowest BCUT2D eigenvalue weighted by Gasteiger charge is -2.21. The van der Waals surface area contributed by atoms with E-state index in [0.29, 0.717) is 6.54 Å². The molecule has 22 heavy (non-hydrogen) atoms. The molecule has 1 aromatic carbocycles. The van der Waals surface area contributed by atoms with Crippen LogP contribution in [0, 0.1) is 11.8 Å². The molecule has 1 aromatic rings. The summed E-state index contributed by atoms with van der Waals surface area (Å²) < 4.78 is 4.88. The summed E-state index contributed by atoms with van der Waals surface area (Å²) in [5, 5.41) is 3.38. The highest BCUT2D eigenvalue weighted by Gasteiger charge is 2.36. The van der Waals surface area contributed by atoms with Crippen molar-refractivity contribution in [2.75, 3.05) is 33.8 Å². The molecule has 120 valence electrons. The minimum atomic E-state index is -0.130. The number of hydrogen-bond acceptors (Lipinski definition) is 3. The molecule has 0 aliphatic carbocycles. The number of guanidine groups is 1. The Morgan fingerprint density at radius 2 is 2.09 bits per heavy atom. The van der Waals surface area contributed by atoms with Gasteiger partial charge in [-0.1, -0.05) is 37.3 Å². The summed E-state index contributed by atoms with van der Waals surface area (Å²) in [5.74, 6) is 0.932. The molecule has 0 aromatic heterocycles. The van der Waals surface area contributed by atoms with Crippen molar-refractivity contribution in [2.45, 2.75) is 13.3 Å². The SMILES string of the molecule is CN=C(NCCc1ccccc1)N1CC(C)C(C(=O)OC)C1. The van der Waals surface area contributed by atoms with E-state index in [0.717, 1.165) is 25.5 Å². The van der Waals surface area contributed by atoms with Crippen LogP contribution in [-0.4, -0.2) is 50.6 Å². The summed E-state index contributed by atoms with van der Waals surface area (Å²) in [6.45, 7) is 4.40. The van der Waals surface area contributed by atoms with E-state index in [4.69, 9.17) is 4.74 Å². The van der Waals surface area contributed by atoms with Gasteiger partial charge in [-0.25, -0.2) is 0 Å². The number of rotatable bonds is 4. The highest BCUT2D eigenvalue weighted by Crippen LogP contribution is 2.23. The van der Waals surface area contributed by atoms with Gasteiger partial charge in [-0.05, 0) is 17.9 Å². The third-order valence-corrected chi connectivity index (χ3v) is 4.17. The van der Waals surface area contributed by atoms with Crippen LogP contribution in [0.25, 0.3) is 0 Å². The van der Waals surface area contributed by atoms with Crippen molar-refractivity contribution in [1.29, 1.82) is 0 Å². The number of carbonyl (C=O) groups is 1. The van der Waals surface area contributed by atoms with Crippen LogP contribution < -0.4 is 5.32 Å². The Kier molecular flexibility index (Phi) is 5.81. The van der Waals surface area contributed by atoms with Crippen molar-refractivity contribution in [3.05, 3.63) is 35.9 Å². The van der Waals surface area contributed by atoms with E-state index in [1.54, 1.807) is 7.05 Å². The molecule has 0 radical (unpaired) electrons. The number of esters is 1. The summed E-state index contributed by atoms with van der Waals surface area (Å²) in [7, 11) is 3.23. The average molecular weight is 303 g/mol. The number of hydrogen-bond donors (Lipinski definition) is 1. The Balaban J connectivity index is 1.86. The number of benzene rings is 1. The Labute approximate surface area is 132 Å².